The van der Waals surface area contributed by atoms with Crippen LogP contribution < -0.4 is 4.90 Å². The summed E-state index contributed by atoms with van der Waals surface area (Å²) < 4.78 is 0. The zero-order valence-electron chi connectivity index (χ0n) is 12.9. The first kappa shape index (κ1) is 13.9. The summed E-state index contributed by atoms with van der Waals surface area (Å²) in [7, 11) is 0. The van der Waals surface area contributed by atoms with Crippen LogP contribution in [0.4, 0.5) is 5.82 Å². The van der Waals surface area contributed by atoms with Gasteiger partial charge in [-0.25, -0.2) is 15.0 Å². The Morgan fingerprint density at radius 2 is 2.09 bits per heavy atom. The summed E-state index contributed by atoms with van der Waals surface area (Å²) in [5.41, 5.74) is 2.36. The molecule has 1 saturated heterocycles. The van der Waals surface area contributed by atoms with Gasteiger partial charge in [-0.15, -0.1) is 0 Å². The van der Waals surface area contributed by atoms with Crippen LogP contribution in [-0.4, -0.2) is 38.3 Å². The Morgan fingerprint density at radius 3 is 2.87 bits per heavy atom. The fourth-order valence-electron chi connectivity index (χ4n) is 3.18. The number of H-pyrrole nitrogens is 1. The van der Waals surface area contributed by atoms with Crippen LogP contribution in [0.1, 0.15) is 19.8 Å². The van der Waals surface area contributed by atoms with Crippen molar-refractivity contribution >= 4 is 22.8 Å². The molecule has 0 amide bonds. The second-order valence-electron chi connectivity index (χ2n) is 5.80. The van der Waals surface area contributed by atoms with Crippen molar-refractivity contribution in [1.29, 1.82) is 0 Å². The lowest BCUT2D eigenvalue weighted by Gasteiger charge is -2.24. The smallest absolute Gasteiger partial charge is 0.183 e. The lowest BCUT2D eigenvalue weighted by atomic mass is 10.1. The summed E-state index contributed by atoms with van der Waals surface area (Å²) in [6, 6.07) is 9.72. The fourth-order valence-corrected chi connectivity index (χ4v) is 3.18. The third-order valence-corrected chi connectivity index (χ3v) is 4.29. The third-order valence-electron chi connectivity index (χ3n) is 4.29. The van der Waals surface area contributed by atoms with Crippen LogP contribution in [0.25, 0.3) is 22.6 Å². The van der Waals surface area contributed by atoms with Crippen molar-refractivity contribution < 1.29 is 4.79 Å². The van der Waals surface area contributed by atoms with E-state index in [1.54, 1.807) is 13.3 Å². The van der Waals surface area contributed by atoms with Crippen LogP contribution in [0, 0.1) is 0 Å². The number of hydrogen-bond donors (Lipinski definition) is 1. The lowest BCUT2D eigenvalue weighted by Crippen LogP contribution is -2.35. The largest absolute Gasteiger partial charge is 0.345 e. The van der Waals surface area contributed by atoms with Gasteiger partial charge in [-0.3, -0.25) is 4.79 Å². The third kappa shape index (κ3) is 2.36. The first-order chi connectivity index (χ1) is 11.2. The molecule has 3 aromatic rings. The minimum atomic E-state index is -0.111. The van der Waals surface area contributed by atoms with Crippen molar-refractivity contribution in [3.63, 3.8) is 0 Å². The predicted molar refractivity (Wildman–Crippen MR) is 88.2 cm³/mol. The molecule has 4 rings (SSSR count). The van der Waals surface area contributed by atoms with Crippen LogP contribution in [0.5, 0.6) is 0 Å². The number of carbonyl (C=O) groups excluding carboxylic acids is 1. The number of carbonyl (C=O) groups is 1. The summed E-state index contributed by atoms with van der Waals surface area (Å²) in [5.74, 6) is 1.58. The first-order valence-electron chi connectivity index (χ1n) is 7.77. The lowest BCUT2D eigenvalue weighted by molar-refractivity contribution is -0.118. The summed E-state index contributed by atoms with van der Waals surface area (Å²) in [4.78, 5) is 30.7. The quantitative estimate of drug-likeness (QED) is 0.805. The van der Waals surface area contributed by atoms with Gasteiger partial charge in [0.15, 0.2) is 23.1 Å². The SMILES string of the molecule is CC(=O)[C@@H]1CCCN1c1nc(-c2ccccc2)nc2nc[nH]c12. The summed E-state index contributed by atoms with van der Waals surface area (Å²) in [5, 5.41) is 0. The van der Waals surface area contributed by atoms with Gasteiger partial charge >= 0.3 is 0 Å². The van der Waals surface area contributed by atoms with Gasteiger partial charge in [-0.2, -0.15) is 0 Å². The monoisotopic (exact) mass is 307 g/mol. The van der Waals surface area contributed by atoms with E-state index in [1.165, 1.54) is 0 Å². The maximum Gasteiger partial charge on any atom is 0.183 e. The van der Waals surface area contributed by atoms with Crippen LogP contribution in [0.15, 0.2) is 36.7 Å². The normalized spacial score (nSPS) is 17.8. The molecule has 6 heteroatoms. The Hall–Kier alpha value is -2.76. The van der Waals surface area contributed by atoms with Gasteiger partial charge in [0.1, 0.15) is 5.52 Å². The summed E-state index contributed by atoms with van der Waals surface area (Å²) >= 11 is 0. The summed E-state index contributed by atoms with van der Waals surface area (Å²) in [6.45, 7) is 2.47. The van der Waals surface area contributed by atoms with E-state index < -0.39 is 0 Å². The Morgan fingerprint density at radius 1 is 1.26 bits per heavy atom. The molecular weight excluding hydrogens is 290 g/mol. The highest BCUT2D eigenvalue weighted by Crippen LogP contribution is 2.31. The minimum absolute atomic E-state index is 0.111. The Kier molecular flexibility index (Phi) is 3.29. The van der Waals surface area contributed by atoms with Crippen molar-refractivity contribution in [3.05, 3.63) is 36.7 Å². The molecule has 1 N–H and O–H groups in total. The Balaban J connectivity index is 1.88. The standard InChI is InChI=1S/C17H17N5O/c1-11(23)13-8-5-9-22(13)17-14-16(19-10-18-14)20-15(21-17)12-6-3-2-4-7-12/h2-4,6-7,10,13H,5,8-9H2,1H3,(H,18,19,20,21)/t13-/m0/s1. The van der Waals surface area contributed by atoms with Crippen LogP contribution in [0.3, 0.4) is 0 Å². The van der Waals surface area contributed by atoms with Crippen molar-refractivity contribution in [2.24, 2.45) is 0 Å². The highest BCUT2D eigenvalue weighted by atomic mass is 16.1. The molecule has 6 nitrogen and oxygen atoms in total. The highest BCUT2D eigenvalue weighted by molar-refractivity contribution is 5.91. The molecule has 0 aliphatic carbocycles. The number of imidazole rings is 1. The van der Waals surface area contributed by atoms with E-state index in [9.17, 15) is 4.79 Å². The molecule has 0 saturated carbocycles. The zero-order valence-corrected chi connectivity index (χ0v) is 12.9. The van der Waals surface area contributed by atoms with E-state index >= 15 is 0 Å². The Bertz CT molecular complexity index is 858. The van der Waals surface area contributed by atoms with E-state index in [0.29, 0.717) is 11.5 Å². The number of nitrogens with zero attached hydrogens (tertiary/aromatic N) is 4. The second-order valence-corrected chi connectivity index (χ2v) is 5.80. The maximum absolute atomic E-state index is 11.9. The van der Waals surface area contributed by atoms with Crippen molar-refractivity contribution in [2.75, 3.05) is 11.4 Å². The number of ketones is 1. The second kappa shape index (κ2) is 5.46. The van der Waals surface area contributed by atoms with Gasteiger partial charge in [0.2, 0.25) is 0 Å². The van der Waals surface area contributed by atoms with E-state index in [2.05, 4.69) is 19.9 Å². The van der Waals surface area contributed by atoms with Crippen LogP contribution >= 0.6 is 0 Å². The topological polar surface area (TPSA) is 74.8 Å². The number of nitrogens with one attached hydrogen (secondary N) is 1. The number of rotatable bonds is 3. The van der Waals surface area contributed by atoms with Gasteiger partial charge in [0, 0.05) is 12.1 Å². The molecule has 1 aromatic carbocycles. The van der Waals surface area contributed by atoms with Crippen molar-refractivity contribution in [2.45, 2.75) is 25.8 Å². The molecular formula is C17H17N5O. The van der Waals surface area contributed by atoms with Crippen LogP contribution in [0.2, 0.25) is 0 Å². The highest BCUT2D eigenvalue weighted by Gasteiger charge is 2.31. The van der Waals surface area contributed by atoms with E-state index in [4.69, 9.17) is 4.98 Å². The molecule has 2 aromatic heterocycles. The molecule has 1 aliphatic heterocycles. The maximum atomic E-state index is 11.9. The fraction of sp³-hybridized carbons (Fsp3) is 0.294. The number of aromatic nitrogens is 4. The van der Waals surface area contributed by atoms with Gasteiger partial charge in [-0.1, -0.05) is 30.3 Å². The van der Waals surface area contributed by atoms with Gasteiger partial charge in [0.25, 0.3) is 0 Å². The molecule has 0 bridgehead atoms. The Labute approximate surface area is 133 Å². The molecule has 3 heterocycles. The number of aromatic amines is 1. The molecule has 0 unspecified atom stereocenters. The molecule has 1 atom stereocenters. The molecule has 0 radical (unpaired) electrons. The molecule has 1 aliphatic rings. The minimum Gasteiger partial charge on any atom is -0.345 e. The van der Waals surface area contributed by atoms with Gasteiger partial charge in [-0.05, 0) is 19.8 Å². The average Bonchev–Trinajstić information content (AvgIpc) is 3.23. The predicted octanol–water partition coefficient (Wildman–Crippen LogP) is 2.58. The summed E-state index contributed by atoms with van der Waals surface area (Å²) in [6.07, 6.45) is 3.48. The van der Waals surface area contributed by atoms with E-state index in [0.717, 1.165) is 36.3 Å². The zero-order chi connectivity index (χ0) is 15.8. The molecule has 0 spiro atoms. The van der Waals surface area contributed by atoms with Crippen LogP contribution in [-0.2, 0) is 4.79 Å². The molecule has 1 fully saturated rings. The van der Waals surface area contributed by atoms with E-state index in [-0.39, 0.29) is 11.8 Å². The van der Waals surface area contributed by atoms with Gasteiger partial charge < -0.3 is 9.88 Å². The number of hydrogen-bond acceptors (Lipinski definition) is 5. The van der Waals surface area contributed by atoms with Crippen molar-refractivity contribution in [1.82, 2.24) is 19.9 Å². The molecule has 23 heavy (non-hydrogen) atoms. The van der Waals surface area contributed by atoms with Gasteiger partial charge in [0.05, 0.1) is 12.4 Å². The molecule has 116 valence electrons. The average molecular weight is 307 g/mol. The van der Waals surface area contributed by atoms with Crippen molar-refractivity contribution in [3.8, 4) is 11.4 Å². The number of anilines is 1. The first-order valence-corrected chi connectivity index (χ1v) is 7.77. The number of fused-ring (bicyclic) bond motifs is 1. The number of Topliss-reactive ketones (excluding diaryl/α,β-unsaturated/α-hetero) is 1. The number of benzene rings is 1. The van der Waals surface area contributed by atoms with E-state index in [1.807, 2.05) is 30.3 Å².